The predicted molar refractivity (Wildman–Crippen MR) is 76.0 cm³/mol. The van der Waals surface area contributed by atoms with Gasteiger partial charge in [0.05, 0.1) is 12.7 Å². The maximum atomic E-state index is 9.51. The van der Waals surface area contributed by atoms with Gasteiger partial charge in [0.25, 0.3) is 0 Å². The second-order valence-electron chi connectivity index (χ2n) is 5.10. The number of benzene rings is 1. The molecule has 0 saturated carbocycles. The minimum Gasteiger partial charge on any atom is -0.389 e. The Kier molecular flexibility index (Phi) is 6.16. The minimum absolute atomic E-state index is 0.406. The van der Waals surface area contributed by atoms with Crippen LogP contribution < -0.4 is 4.90 Å². The fourth-order valence-corrected chi connectivity index (χ4v) is 1.93. The zero-order valence-electron chi connectivity index (χ0n) is 11.9. The lowest BCUT2D eigenvalue weighted by Gasteiger charge is -2.26. The van der Waals surface area contributed by atoms with E-state index in [1.165, 1.54) is 5.69 Å². The number of nitrogens with zero attached hydrogens (tertiary/aromatic N) is 1. The summed E-state index contributed by atoms with van der Waals surface area (Å²) in [5.41, 5.74) is 2.14. The van der Waals surface area contributed by atoms with Crippen molar-refractivity contribution in [2.24, 2.45) is 5.92 Å². The van der Waals surface area contributed by atoms with Gasteiger partial charge in [-0.2, -0.15) is 0 Å². The Hall–Kier alpha value is -1.06. The molecule has 3 nitrogen and oxygen atoms in total. The van der Waals surface area contributed by atoms with Gasteiger partial charge in [0.2, 0.25) is 0 Å². The first-order chi connectivity index (χ1) is 8.54. The van der Waals surface area contributed by atoms with Crippen LogP contribution in [0.2, 0.25) is 0 Å². The second-order valence-corrected chi connectivity index (χ2v) is 5.10. The van der Waals surface area contributed by atoms with E-state index in [1.807, 2.05) is 12.1 Å². The summed E-state index contributed by atoms with van der Waals surface area (Å²) in [7, 11) is 1.73. The molecule has 0 spiro atoms. The molecular weight excluding hydrogens is 226 g/mol. The summed E-state index contributed by atoms with van der Waals surface area (Å²) >= 11 is 0. The topological polar surface area (TPSA) is 32.7 Å². The van der Waals surface area contributed by atoms with E-state index in [4.69, 9.17) is 4.74 Å². The second kappa shape index (κ2) is 7.39. The largest absolute Gasteiger partial charge is 0.389 e. The van der Waals surface area contributed by atoms with Crippen LogP contribution in [-0.4, -0.2) is 31.9 Å². The fraction of sp³-hybridized carbons (Fsp3) is 0.600. The fourth-order valence-electron chi connectivity index (χ4n) is 1.93. The van der Waals surface area contributed by atoms with Gasteiger partial charge in [0.15, 0.2) is 0 Å². The van der Waals surface area contributed by atoms with Crippen molar-refractivity contribution < 1.29 is 9.84 Å². The van der Waals surface area contributed by atoms with Crippen LogP contribution in [0.3, 0.4) is 0 Å². The summed E-state index contributed by atoms with van der Waals surface area (Å²) in [6.45, 7) is 8.84. The van der Waals surface area contributed by atoms with Gasteiger partial charge >= 0.3 is 0 Å². The Morgan fingerprint density at radius 3 is 2.22 bits per heavy atom. The molecule has 1 atom stereocenters. The molecule has 1 aromatic carbocycles. The van der Waals surface area contributed by atoms with Gasteiger partial charge in [-0.05, 0) is 30.5 Å². The standard InChI is InChI=1S/C15H25NO2/c1-12(2)11-16(9-10-18-4)15-7-5-14(6-8-15)13(3)17/h5-8,12-13,17H,9-11H2,1-4H3/t13-/m0/s1. The molecular formula is C15H25NO2. The number of anilines is 1. The number of aliphatic hydroxyl groups excluding tert-OH is 1. The number of rotatable bonds is 7. The van der Waals surface area contributed by atoms with E-state index in [2.05, 4.69) is 30.9 Å². The lowest BCUT2D eigenvalue weighted by Crippen LogP contribution is -2.30. The van der Waals surface area contributed by atoms with Crippen molar-refractivity contribution in [3.8, 4) is 0 Å². The Bertz CT molecular complexity index is 333. The highest BCUT2D eigenvalue weighted by Gasteiger charge is 2.09. The summed E-state index contributed by atoms with van der Waals surface area (Å²) in [5, 5.41) is 9.51. The van der Waals surface area contributed by atoms with Crippen molar-refractivity contribution in [1.29, 1.82) is 0 Å². The lowest BCUT2D eigenvalue weighted by molar-refractivity contribution is 0.199. The Morgan fingerprint density at radius 2 is 1.78 bits per heavy atom. The van der Waals surface area contributed by atoms with Crippen LogP contribution >= 0.6 is 0 Å². The molecule has 3 heteroatoms. The zero-order chi connectivity index (χ0) is 13.5. The minimum atomic E-state index is -0.406. The first-order valence-electron chi connectivity index (χ1n) is 6.56. The third-order valence-corrected chi connectivity index (χ3v) is 2.89. The molecule has 0 aliphatic rings. The molecule has 1 N–H and O–H groups in total. The van der Waals surface area contributed by atoms with Gasteiger partial charge in [0.1, 0.15) is 0 Å². The van der Waals surface area contributed by atoms with Gasteiger partial charge in [0, 0.05) is 25.9 Å². The smallest absolute Gasteiger partial charge is 0.0761 e. The maximum Gasteiger partial charge on any atom is 0.0761 e. The van der Waals surface area contributed by atoms with Crippen LogP contribution in [-0.2, 0) is 4.74 Å². The SMILES string of the molecule is COCCN(CC(C)C)c1ccc([C@H](C)O)cc1. The third-order valence-electron chi connectivity index (χ3n) is 2.89. The summed E-state index contributed by atoms with van der Waals surface area (Å²) < 4.78 is 5.16. The molecule has 0 fully saturated rings. The van der Waals surface area contributed by atoms with Gasteiger partial charge in [-0.15, -0.1) is 0 Å². The van der Waals surface area contributed by atoms with Crippen LogP contribution in [0, 0.1) is 5.92 Å². The van der Waals surface area contributed by atoms with E-state index in [9.17, 15) is 5.11 Å². The molecule has 0 radical (unpaired) electrons. The van der Waals surface area contributed by atoms with Crippen LogP contribution in [0.4, 0.5) is 5.69 Å². The predicted octanol–water partition coefficient (Wildman–Crippen LogP) is 2.85. The highest BCUT2D eigenvalue weighted by molar-refractivity contribution is 5.48. The van der Waals surface area contributed by atoms with Gasteiger partial charge in [-0.1, -0.05) is 26.0 Å². The summed E-state index contributed by atoms with van der Waals surface area (Å²) in [4.78, 5) is 2.32. The molecule has 0 unspecified atom stereocenters. The lowest BCUT2D eigenvalue weighted by atomic mass is 10.1. The number of aliphatic hydroxyl groups is 1. The first-order valence-corrected chi connectivity index (χ1v) is 6.56. The zero-order valence-corrected chi connectivity index (χ0v) is 11.9. The molecule has 0 heterocycles. The van der Waals surface area contributed by atoms with Gasteiger partial charge < -0.3 is 14.7 Å². The van der Waals surface area contributed by atoms with Gasteiger partial charge in [-0.3, -0.25) is 0 Å². The third kappa shape index (κ3) is 4.67. The average Bonchev–Trinajstić information content (AvgIpc) is 2.34. The summed E-state index contributed by atoms with van der Waals surface area (Å²) in [6, 6.07) is 8.11. The molecule has 1 aromatic rings. The molecule has 18 heavy (non-hydrogen) atoms. The van der Waals surface area contributed by atoms with E-state index in [0.717, 1.165) is 25.3 Å². The van der Waals surface area contributed by atoms with Crippen molar-refractivity contribution in [3.05, 3.63) is 29.8 Å². The molecule has 0 saturated heterocycles. The molecule has 0 aliphatic carbocycles. The van der Waals surface area contributed by atoms with Crippen molar-refractivity contribution in [3.63, 3.8) is 0 Å². The number of methoxy groups -OCH3 is 1. The van der Waals surface area contributed by atoms with Crippen molar-refractivity contribution in [1.82, 2.24) is 0 Å². The van der Waals surface area contributed by atoms with E-state index < -0.39 is 6.10 Å². The van der Waals surface area contributed by atoms with Crippen molar-refractivity contribution in [2.45, 2.75) is 26.9 Å². The van der Waals surface area contributed by atoms with Crippen LogP contribution in [0.25, 0.3) is 0 Å². The molecule has 0 bridgehead atoms. The normalized spacial score (nSPS) is 12.8. The van der Waals surface area contributed by atoms with Crippen LogP contribution in [0.15, 0.2) is 24.3 Å². The molecule has 0 aromatic heterocycles. The quantitative estimate of drug-likeness (QED) is 0.809. The number of hydrogen-bond acceptors (Lipinski definition) is 3. The summed E-state index contributed by atoms with van der Waals surface area (Å²) in [6.07, 6.45) is -0.406. The molecule has 1 rings (SSSR count). The highest BCUT2D eigenvalue weighted by atomic mass is 16.5. The van der Waals surface area contributed by atoms with E-state index in [0.29, 0.717) is 5.92 Å². The Morgan fingerprint density at radius 1 is 1.17 bits per heavy atom. The highest BCUT2D eigenvalue weighted by Crippen LogP contribution is 2.19. The molecule has 0 amide bonds. The van der Waals surface area contributed by atoms with E-state index in [-0.39, 0.29) is 0 Å². The van der Waals surface area contributed by atoms with Crippen molar-refractivity contribution in [2.75, 3.05) is 31.7 Å². The van der Waals surface area contributed by atoms with Gasteiger partial charge in [-0.25, -0.2) is 0 Å². The van der Waals surface area contributed by atoms with Crippen molar-refractivity contribution >= 4 is 5.69 Å². The van der Waals surface area contributed by atoms with Crippen LogP contribution in [0.5, 0.6) is 0 Å². The first kappa shape index (κ1) is 15.0. The number of ether oxygens (including phenoxy) is 1. The van der Waals surface area contributed by atoms with E-state index >= 15 is 0 Å². The monoisotopic (exact) mass is 251 g/mol. The average molecular weight is 251 g/mol. The Labute approximate surface area is 110 Å². The van der Waals surface area contributed by atoms with Crippen LogP contribution in [0.1, 0.15) is 32.4 Å². The summed E-state index contributed by atoms with van der Waals surface area (Å²) in [5.74, 6) is 0.610. The molecule has 0 aliphatic heterocycles. The Balaban J connectivity index is 2.77. The number of hydrogen-bond donors (Lipinski definition) is 1. The molecule has 102 valence electrons. The maximum absolute atomic E-state index is 9.51. The van der Waals surface area contributed by atoms with E-state index in [1.54, 1.807) is 14.0 Å².